The fourth-order valence-corrected chi connectivity index (χ4v) is 2.36. The number of nitrogens with zero attached hydrogens (tertiary/aromatic N) is 1. The van der Waals surface area contributed by atoms with Crippen LogP contribution < -0.4 is 5.32 Å². The topological polar surface area (TPSA) is 24.9 Å². The summed E-state index contributed by atoms with van der Waals surface area (Å²) in [5.41, 5.74) is 1.20. The predicted octanol–water partition coefficient (Wildman–Crippen LogP) is 2.26. The van der Waals surface area contributed by atoms with E-state index in [1.165, 1.54) is 35.0 Å². The highest BCUT2D eigenvalue weighted by Gasteiger charge is 2.20. The summed E-state index contributed by atoms with van der Waals surface area (Å²) in [4.78, 5) is 5.80. The molecule has 0 radical (unpaired) electrons. The number of hydrogen-bond acceptors (Lipinski definition) is 3. The summed E-state index contributed by atoms with van der Waals surface area (Å²) >= 11 is 1.81. The van der Waals surface area contributed by atoms with Crippen LogP contribution in [0.2, 0.25) is 0 Å². The van der Waals surface area contributed by atoms with Crippen LogP contribution in [0.15, 0.2) is 0 Å². The van der Waals surface area contributed by atoms with Gasteiger partial charge in [-0.05, 0) is 39.2 Å². The van der Waals surface area contributed by atoms with Crippen molar-refractivity contribution in [1.82, 2.24) is 10.3 Å². The summed E-state index contributed by atoms with van der Waals surface area (Å²) in [7, 11) is 0. The van der Waals surface area contributed by atoms with Gasteiger partial charge in [0.15, 0.2) is 0 Å². The molecule has 0 bridgehead atoms. The van der Waals surface area contributed by atoms with E-state index in [1.807, 2.05) is 11.3 Å². The molecule has 1 aromatic rings. The standard InChI is InChI=1S/C10H16N2S/c1-7-10(13-8(2)12-7)6-11-5-9-3-4-9/h9,11H,3-6H2,1-2H3. The first kappa shape index (κ1) is 9.16. The number of aryl methyl sites for hydroxylation is 2. The normalized spacial score (nSPS) is 16.5. The van der Waals surface area contributed by atoms with Crippen molar-refractivity contribution in [2.45, 2.75) is 33.2 Å². The lowest BCUT2D eigenvalue weighted by Gasteiger charge is -2.00. The zero-order chi connectivity index (χ0) is 9.26. The van der Waals surface area contributed by atoms with E-state index in [4.69, 9.17) is 0 Å². The number of aromatic nitrogens is 1. The molecule has 1 heterocycles. The molecule has 2 nitrogen and oxygen atoms in total. The third-order valence-electron chi connectivity index (χ3n) is 2.42. The van der Waals surface area contributed by atoms with Crippen molar-refractivity contribution in [1.29, 1.82) is 0 Å². The largest absolute Gasteiger partial charge is 0.312 e. The van der Waals surface area contributed by atoms with Gasteiger partial charge in [-0.25, -0.2) is 4.98 Å². The molecule has 0 atom stereocenters. The molecule has 72 valence electrons. The zero-order valence-corrected chi connectivity index (χ0v) is 9.08. The summed E-state index contributed by atoms with van der Waals surface area (Å²) in [6, 6.07) is 0. The molecule has 0 spiro atoms. The Morgan fingerprint density at radius 3 is 2.77 bits per heavy atom. The van der Waals surface area contributed by atoms with Crippen molar-refractivity contribution in [3.63, 3.8) is 0 Å². The molecular weight excluding hydrogens is 180 g/mol. The average Bonchev–Trinajstić information content (AvgIpc) is 2.81. The Kier molecular flexibility index (Phi) is 2.65. The predicted molar refractivity (Wildman–Crippen MR) is 56.0 cm³/mol. The maximum Gasteiger partial charge on any atom is 0.0900 e. The van der Waals surface area contributed by atoms with Crippen LogP contribution in [-0.4, -0.2) is 11.5 Å². The Bertz CT molecular complexity index is 289. The first-order valence-electron chi connectivity index (χ1n) is 4.89. The van der Waals surface area contributed by atoms with Gasteiger partial charge < -0.3 is 5.32 Å². The van der Waals surface area contributed by atoms with Crippen LogP contribution in [0.25, 0.3) is 0 Å². The molecule has 2 rings (SSSR count). The minimum Gasteiger partial charge on any atom is -0.312 e. The lowest BCUT2D eigenvalue weighted by atomic mass is 10.3. The highest BCUT2D eigenvalue weighted by atomic mass is 32.1. The van der Waals surface area contributed by atoms with Crippen molar-refractivity contribution in [3.8, 4) is 0 Å². The number of hydrogen-bond donors (Lipinski definition) is 1. The van der Waals surface area contributed by atoms with E-state index in [2.05, 4.69) is 24.1 Å². The van der Waals surface area contributed by atoms with Crippen LogP contribution in [0.5, 0.6) is 0 Å². The first-order valence-corrected chi connectivity index (χ1v) is 5.71. The molecule has 13 heavy (non-hydrogen) atoms. The van der Waals surface area contributed by atoms with Gasteiger partial charge in [-0.2, -0.15) is 0 Å². The second-order valence-corrected chi connectivity index (χ2v) is 5.10. The van der Waals surface area contributed by atoms with Crippen molar-refractivity contribution in [2.24, 2.45) is 5.92 Å². The molecule has 1 aromatic heterocycles. The first-order chi connectivity index (χ1) is 6.25. The van der Waals surface area contributed by atoms with Crippen molar-refractivity contribution >= 4 is 11.3 Å². The van der Waals surface area contributed by atoms with Crippen LogP contribution in [0.4, 0.5) is 0 Å². The molecule has 1 aliphatic rings. The van der Waals surface area contributed by atoms with E-state index in [9.17, 15) is 0 Å². The molecule has 1 saturated carbocycles. The Morgan fingerprint density at radius 2 is 2.23 bits per heavy atom. The third-order valence-corrected chi connectivity index (χ3v) is 3.49. The van der Waals surface area contributed by atoms with Crippen molar-refractivity contribution in [2.75, 3.05) is 6.54 Å². The minimum absolute atomic E-state index is 0.967. The van der Waals surface area contributed by atoms with E-state index in [-0.39, 0.29) is 0 Å². The molecule has 0 unspecified atom stereocenters. The summed E-state index contributed by atoms with van der Waals surface area (Å²) in [6.45, 7) is 6.37. The van der Waals surface area contributed by atoms with E-state index in [0.717, 1.165) is 12.5 Å². The molecule has 1 aliphatic carbocycles. The van der Waals surface area contributed by atoms with Gasteiger partial charge in [-0.3, -0.25) is 0 Å². The van der Waals surface area contributed by atoms with E-state index in [0.29, 0.717) is 0 Å². The van der Waals surface area contributed by atoms with Crippen LogP contribution in [-0.2, 0) is 6.54 Å². The van der Waals surface area contributed by atoms with E-state index < -0.39 is 0 Å². The van der Waals surface area contributed by atoms with Crippen LogP contribution in [0, 0.1) is 19.8 Å². The second-order valence-electron chi connectivity index (χ2n) is 3.82. The average molecular weight is 196 g/mol. The number of rotatable bonds is 4. The fraction of sp³-hybridized carbons (Fsp3) is 0.700. The fourth-order valence-electron chi connectivity index (χ4n) is 1.45. The highest BCUT2D eigenvalue weighted by Crippen LogP contribution is 2.27. The van der Waals surface area contributed by atoms with Gasteiger partial charge in [0.25, 0.3) is 0 Å². The summed E-state index contributed by atoms with van der Waals surface area (Å²) in [5.74, 6) is 0.967. The third kappa shape index (κ3) is 2.51. The van der Waals surface area contributed by atoms with Crippen LogP contribution >= 0.6 is 11.3 Å². The van der Waals surface area contributed by atoms with Crippen molar-refractivity contribution in [3.05, 3.63) is 15.6 Å². The minimum atomic E-state index is 0.967. The summed E-state index contributed by atoms with van der Waals surface area (Å²) in [5, 5.41) is 4.67. The molecular formula is C10H16N2S. The summed E-state index contributed by atoms with van der Waals surface area (Å²) < 4.78 is 0. The number of thiazole rings is 1. The molecule has 3 heteroatoms. The molecule has 0 saturated heterocycles. The molecule has 1 N–H and O–H groups in total. The molecule has 0 aliphatic heterocycles. The maximum absolute atomic E-state index is 4.40. The van der Waals surface area contributed by atoms with Crippen LogP contribution in [0.1, 0.15) is 28.4 Å². The Balaban J connectivity index is 1.81. The SMILES string of the molecule is Cc1nc(C)c(CNCC2CC2)s1. The number of nitrogens with one attached hydrogen (secondary N) is 1. The Hall–Kier alpha value is -0.410. The van der Waals surface area contributed by atoms with Gasteiger partial charge in [0.2, 0.25) is 0 Å². The molecule has 0 amide bonds. The lowest BCUT2D eigenvalue weighted by Crippen LogP contribution is -2.15. The summed E-state index contributed by atoms with van der Waals surface area (Å²) in [6.07, 6.45) is 2.85. The van der Waals surface area contributed by atoms with Crippen LogP contribution in [0.3, 0.4) is 0 Å². The van der Waals surface area contributed by atoms with Gasteiger partial charge in [0.05, 0.1) is 10.7 Å². The lowest BCUT2D eigenvalue weighted by molar-refractivity contribution is 0.641. The van der Waals surface area contributed by atoms with Gasteiger partial charge in [-0.15, -0.1) is 11.3 Å². The smallest absolute Gasteiger partial charge is 0.0900 e. The van der Waals surface area contributed by atoms with E-state index >= 15 is 0 Å². The Morgan fingerprint density at radius 1 is 1.46 bits per heavy atom. The van der Waals surface area contributed by atoms with Gasteiger partial charge in [0.1, 0.15) is 0 Å². The van der Waals surface area contributed by atoms with Gasteiger partial charge in [-0.1, -0.05) is 0 Å². The van der Waals surface area contributed by atoms with E-state index in [1.54, 1.807) is 0 Å². The highest BCUT2D eigenvalue weighted by molar-refractivity contribution is 7.11. The monoisotopic (exact) mass is 196 g/mol. The zero-order valence-electron chi connectivity index (χ0n) is 8.26. The second kappa shape index (κ2) is 3.76. The molecule has 1 fully saturated rings. The maximum atomic E-state index is 4.40. The van der Waals surface area contributed by atoms with Gasteiger partial charge in [0, 0.05) is 11.4 Å². The quantitative estimate of drug-likeness (QED) is 0.799. The van der Waals surface area contributed by atoms with Gasteiger partial charge >= 0.3 is 0 Å². The van der Waals surface area contributed by atoms with Crippen molar-refractivity contribution < 1.29 is 0 Å². The molecule has 0 aromatic carbocycles. The Labute approximate surface area is 83.4 Å².